The molecular weight excluding hydrogens is 268 g/mol. The molecule has 0 aliphatic rings. The maximum atomic E-state index is 10.9. The normalized spacial score (nSPS) is 11.9. The zero-order valence-corrected chi connectivity index (χ0v) is 11.6. The van der Waals surface area contributed by atoms with E-state index < -0.39 is 16.6 Å². The number of thioether (sulfide) groups is 1. The third-order valence-corrected chi connectivity index (χ3v) is 3.24. The van der Waals surface area contributed by atoms with E-state index in [0.29, 0.717) is 5.69 Å². The topological polar surface area (TPSA) is 92.5 Å². The van der Waals surface area contributed by atoms with Crippen LogP contribution in [0.1, 0.15) is 23.7 Å². The number of rotatable bonds is 7. The van der Waals surface area contributed by atoms with Gasteiger partial charge >= 0.3 is 5.97 Å². The lowest BCUT2D eigenvalue weighted by atomic mass is 10.1. The van der Waals surface area contributed by atoms with Gasteiger partial charge in [-0.25, -0.2) is 4.79 Å². The fourth-order valence-corrected chi connectivity index (χ4v) is 2.19. The molecule has 19 heavy (non-hydrogen) atoms. The van der Waals surface area contributed by atoms with E-state index in [2.05, 4.69) is 5.32 Å². The minimum absolute atomic E-state index is 0.169. The Morgan fingerprint density at radius 1 is 1.58 bits per heavy atom. The predicted molar refractivity (Wildman–Crippen MR) is 76.1 cm³/mol. The number of nitrogens with one attached hydrogen (secondary N) is 1. The number of nitro benzene ring substituents is 1. The first-order valence-electron chi connectivity index (χ1n) is 5.73. The smallest absolute Gasteiger partial charge is 0.342 e. The molecule has 0 fully saturated rings. The lowest BCUT2D eigenvalue weighted by Gasteiger charge is -2.14. The van der Waals surface area contributed by atoms with Gasteiger partial charge < -0.3 is 10.4 Å². The molecule has 0 radical (unpaired) electrons. The van der Waals surface area contributed by atoms with E-state index in [0.717, 1.165) is 12.2 Å². The maximum Gasteiger partial charge on any atom is 0.342 e. The summed E-state index contributed by atoms with van der Waals surface area (Å²) in [6, 6.07) is 4.23. The summed E-state index contributed by atoms with van der Waals surface area (Å²) in [6.45, 7) is 1.98. The minimum atomic E-state index is -1.30. The SMILES string of the molecule is CSCCC(C)Nc1ccc(C(=O)O)c([N+](=O)[O-])c1. The summed E-state index contributed by atoms with van der Waals surface area (Å²) in [6.07, 6.45) is 2.94. The number of carbonyl (C=O) groups is 1. The van der Waals surface area contributed by atoms with E-state index in [4.69, 9.17) is 5.11 Å². The third kappa shape index (κ3) is 4.44. The molecule has 1 aromatic rings. The number of anilines is 1. The highest BCUT2D eigenvalue weighted by molar-refractivity contribution is 7.98. The fourth-order valence-electron chi connectivity index (χ4n) is 1.60. The van der Waals surface area contributed by atoms with Crippen molar-refractivity contribution in [3.8, 4) is 0 Å². The van der Waals surface area contributed by atoms with Crippen LogP contribution >= 0.6 is 11.8 Å². The second-order valence-electron chi connectivity index (χ2n) is 4.12. The Kier molecular flexibility index (Phi) is 5.62. The summed E-state index contributed by atoms with van der Waals surface area (Å²) in [7, 11) is 0. The number of nitro groups is 1. The van der Waals surface area contributed by atoms with Crippen molar-refractivity contribution in [1.29, 1.82) is 0 Å². The lowest BCUT2D eigenvalue weighted by Crippen LogP contribution is -2.16. The molecule has 2 N–H and O–H groups in total. The highest BCUT2D eigenvalue weighted by atomic mass is 32.2. The van der Waals surface area contributed by atoms with Crippen LogP contribution in [0.2, 0.25) is 0 Å². The predicted octanol–water partition coefficient (Wildman–Crippen LogP) is 2.85. The third-order valence-electron chi connectivity index (χ3n) is 2.59. The number of benzene rings is 1. The molecule has 104 valence electrons. The zero-order chi connectivity index (χ0) is 14.4. The van der Waals surface area contributed by atoms with E-state index in [-0.39, 0.29) is 11.6 Å². The van der Waals surface area contributed by atoms with Crippen molar-refractivity contribution in [1.82, 2.24) is 0 Å². The van der Waals surface area contributed by atoms with Crippen molar-refractivity contribution in [2.75, 3.05) is 17.3 Å². The molecule has 0 aromatic heterocycles. The Morgan fingerprint density at radius 3 is 2.79 bits per heavy atom. The largest absolute Gasteiger partial charge is 0.477 e. The van der Waals surface area contributed by atoms with Crippen molar-refractivity contribution >= 4 is 29.1 Å². The molecule has 0 aliphatic carbocycles. The Bertz CT molecular complexity index is 479. The first-order valence-corrected chi connectivity index (χ1v) is 7.12. The van der Waals surface area contributed by atoms with Gasteiger partial charge in [0, 0.05) is 17.8 Å². The molecule has 0 saturated heterocycles. The molecule has 1 atom stereocenters. The maximum absolute atomic E-state index is 10.9. The van der Waals surface area contributed by atoms with Crippen LogP contribution in [0.4, 0.5) is 11.4 Å². The summed E-state index contributed by atoms with van der Waals surface area (Å²) in [5, 5.41) is 22.9. The molecule has 1 unspecified atom stereocenters. The van der Waals surface area contributed by atoms with Crippen LogP contribution in [0.3, 0.4) is 0 Å². The van der Waals surface area contributed by atoms with Crippen LogP contribution < -0.4 is 5.32 Å². The minimum Gasteiger partial charge on any atom is -0.477 e. The van der Waals surface area contributed by atoms with Crippen molar-refractivity contribution in [3.63, 3.8) is 0 Å². The second-order valence-corrected chi connectivity index (χ2v) is 5.11. The van der Waals surface area contributed by atoms with Crippen LogP contribution in [0.25, 0.3) is 0 Å². The first-order chi connectivity index (χ1) is 8.95. The van der Waals surface area contributed by atoms with Gasteiger partial charge in [-0.3, -0.25) is 10.1 Å². The molecule has 1 rings (SSSR count). The van der Waals surface area contributed by atoms with Crippen molar-refractivity contribution in [2.24, 2.45) is 0 Å². The molecule has 0 aliphatic heterocycles. The van der Waals surface area contributed by atoms with Gasteiger partial charge in [0.2, 0.25) is 0 Å². The van der Waals surface area contributed by atoms with Gasteiger partial charge in [0.05, 0.1) is 4.92 Å². The van der Waals surface area contributed by atoms with Crippen LogP contribution in [0.15, 0.2) is 18.2 Å². The number of hydrogen-bond acceptors (Lipinski definition) is 5. The van der Waals surface area contributed by atoms with E-state index in [1.165, 1.54) is 12.1 Å². The Labute approximate surface area is 115 Å². The molecule has 6 nitrogen and oxygen atoms in total. The highest BCUT2D eigenvalue weighted by Crippen LogP contribution is 2.24. The van der Waals surface area contributed by atoms with Crippen molar-refractivity contribution in [3.05, 3.63) is 33.9 Å². The van der Waals surface area contributed by atoms with E-state index in [9.17, 15) is 14.9 Å². The average molecular weight is 284 g/mol. The quantitative estimate of drug-likeness (QED) is 0.591. The first kappa shape index (κ1) is 15.3. The fraction of sp³-hybridized carbons (Fsp3) is 0.417. The van der Waals surface area contributed by atoms with Gasteiger partial charge in [0.1, 0.15) is 5.56 Å². The van der Waals surface area contributed by atoms with Gasteiger partial charge in [-0.15, -0.1) is 0 Å². The summed E-state index contributed by atoms with van der Waals surface area (Å²) < 4.78 is 0. The van der Waals surface area contributed by atoms with E-state index in [1.54, 1.807) is 17.8 Å². The number of nitrogens with zero attached hydrogens (tertiary/aromatic N) is 1. The van der Waals surface area contributed by atoms with Crippen LogP contribution in [-0.2, 0) is 0 Å². The lowest BCUT2D eigenvalue weighted by molar-refractivity contribution is -0.385. The Balaban J connectivity index is 2.90. The molecule has 0 heterocycles. The van der Waals surface area contributed by atoms with Gasteiger partial charge in [0.15, 0.2) is 0 Å². The number of aromatic carboxylic acids is 1. The average Bonchev–Trinajstić information content (AvgIpc) is 2.35. The molecule has 1 aromatic carbocycles. The van der Waals surface area contributed by atoms with Crippen molar-refractivity contribution in [2.45, 2.75) is 19.4 Å². The second kappa shape index (κ2) is 6.98. The monoisotopic (exact) mass is 284 g/mol. The standard InChI is InChI=1S/C12H16N2O4S/c1-8(5-6-19-2)13-9-3-4-10(12(15)16)11(7-9)14(17)18/h3-4,7-8,13H,5-6H2,1-2H3,(H,15,16). The molecule has 7 heteroatoms. The van der Waals surface area contributed by atoms with Gasteiger partial charge in [-0.1, -0.05) is 0 Å². The van der Waals surface area contributed by atoms with Crippen LogP contribution in [0, 0.1) is 10.1 Å². The highest BCUT2D eigenvalue weighted by Gasteiger charge is 2.20. The van der Waals surface area contributed by atoms with Gasteiger partial charge in [-0.05, 0) is 37.5 Å². The molecule has 0 spiro atoms. The van der Waals surface area contributed by atoms with E-state index >= 15 is 0 Å². The number of carboxylic acid groups (broad SMARTS) is 1. The van der Waals surface area contributed by atoms with Gasteiger partial charge in [0.25, 0.3) is 5.69 Å². The van der Waals surface area contributed by atoms with Crippen molar-refractivity contribution < 1.29 is 14.8 Å². The number of hydrogen-bond donors (Lipinski definition) is 2. The summed E-state index contributed by atoms with van der Waals surface area (Å²) in [4.78, 5) is 21.0. The Morgan fingerprint density at radius 2 is 2.26 bits per heavy atom. The van der Waals surface area contributed by atoms with Crippen LogP contribution in [0.5, 0.6) is 0 Å². The summed E-state index contributed by atoms with van der Waals surface area (Å²) >= 11 is 1.73. The molecule has 0 bridgehead atoms. The van der Waals surface area contributed by atoms with Crippen LogP contribution in [-0.4, -0.2) is 34.0 Å². The Hall–Kier alpha value is -1.76. The van der Waals surface area contributed by atoms with Gasteiger partial charge in [-0.2, -0.15) is 11.8 Å². The summed E-state index contributed by atoms with van der Waals surface area (Å²) in [5.74, 6) is -0.308. The zero-order valence-electron chi connectivity index (χ0n) is 10.8. The summed E-state index contributed by atoms with van der Waals surface area (Å²) in [5.41, 5.74) is -0.132. The van der Waals surface area contributed by atoms with E-state index in [1.807, 2.05) is 13.2 Å². The molecular formula is C12H16N2O4S. The molecule has 0 saturated carbocycles. The number of carboxylic acids is 1. The molecule has 0 amide bonds.